The Morgan fingerprint density at radius 2 is 1.76 bits per heavy atom. The van der Waals surface area contributed by atoms with E-state index in [1.165, 1.54) is 11.1 Å². The van der Waals surface area contributed by atoms with Gasteiger partial charge in [-0.1, -0.05) is 76.7 Å². The van der Waals surface area contributed by atoms with Crippen LogP contribution >= 0.6 is 28.1 Å². The standard InChI is InChI=1S/C17H19BrN2S/c1-20(11-14-9-5-6-10-16(14)18)12-15(17(19)21)13-7-3-2-4-8-13/h2-10,15H,11-12H2,1H3,(H2,19,21). The molecule has 2 aromatic carbocycles. The number of nitrogens with zero attached hydrogens (tertiary/aromatic N) is 1. The van der Waals surface area contributed by atoms with Gasteiger partial charge in [-0.2, -0.15) is 0 Å². The maximum Gasteiger partial charge on any atom is 0.0816 e. The average Bonchev–Trinajstić information content (AvgIpc) is 2.48. The maximum atomic E-state index is 5.94. The number of rotatable bonds is 6. The molecule has 0 aliphatic heterocycles. The maximum absolute atomic E-state index is 5.94. The number of likely N-dealkylation sites (N-methyl/N-ethyl adjacent to an activating group) is 1. The Kier molecular flexibility index (Phi) is 5.91. The Bertz CT molecular complexity index is 601. The fourth-order valence-corrected chi connectivity index (χ4v) is 2.96. The van der Waals surface area contributed by atoms with Gasteiger partial charge in [0.15, 0.2) is 0 Å². The van der Waals surface area contributed by atoms with Crippen molar-refractivity contribution in [1.29, 1.82) is 0 Å². The van der Waals surface area contributed by atoms with Gasteiger partial charge >= 0.3 is 0 Å². The van der Waals surface area contributed by atoms with Crippen molar-refractivity contribution in [2.24, 2.45) is 5.73 Å². The Balaban J connectivity index is 2.07. The highest BCUT2D eigenvalue weighted by Crippen LogP contribution is 2.21. The number of thiocarbonyl (C=S) groups is 1. The molecule has 0 saturated heterocycles. The molecule has 0 saturated carbocycles. The molecular formula is C17H19BrN2S. The molecule has 0 heterocycles. The quantitative estimate of drug-likeness (QED) is 0.788. The van der Waals surface area contributed by atoms with Crippen molar-refractivity contribution in [2.75, 3.05) is 13.6 Å². The van der Waals surface area contributed by atoms with Crippen molar-refractivity contribution in [1.82, 2.24) is 4.90 Å². The molecule has 2 aromatic rings. The molecule has 110 valence electrons. The van der Waals surface area contributed by atoms with Crippen LogP contribution in [0.2, 0.25) is 0 Å². The predicted octanol–water partition coefficient (Wildman–Crippen LogP) is 3.95. The second-order valence-electron chi connectivity index (χ2n) is 5.15. The first-order valence-corrected chi connectivity index (χ1v) is 8.04. The number of hydrogen-bond donors (Lipinski definition) is 1. The lowest BCUT2D eigenvalue weighted by Crippen LogP contribution is -2.31. The lowest BCUT2D eigenvalue weighted by Gasteiger charge is -2.24. The third-order valence-electron chi connectivity index (χ3n) is 3.44. The van der Waals surface area contributed by atoms with Gasteiger partial charge in [-0.3, -0.25) is 0 Å². The van der Waals surface area contributed by atoms with Gasteiger partial charge in [-0.05, 0) is 24.2 Å². The Hall–Kier alpha value is -1.23. The summed E-state index contributed by atoms with van der Waals surface area (Å²) in [6, 6.07) is 18.5. The number of nitrogens with two attached hydrogens (primary N) is 1. The molecule has 0 spiro atoms. The van der Waals surface area contributed by atoms with Crippen LogP contribution in [-0.4, -0.2) is 23.5 Å². The second-order valence-corrected chi connectivity index (χ2v) is 6.48. The molecular weight excluding hydrogens is 344 g/mol. The van der Waals surface area contributed by atoms with Crippen LogP contribution in [0.1, 0.15) is 17.0 Å². The summed E-state index contributed by atoms with van der Waals surface area (Å²) >= 11 is 8.84. The average molecular weight is 363 g/mol. The zero-order chi connectivity index (χ0) is 15.2. The van der Waals surface area contributed by atoms with Gasteiger partial charge in [0.25, 0.3) is 0 Å². The van der Waals surface area contributed by atoms with E-state index in [9.17, 15) is 0 Å². The SMILES string of the molecule is CN(Cc1ccccc1Br)CC(C(N)=S)c1ccccc1. The highest BCUT2D eigenvalue weighted by atomic mass is 79.9. The van der Waals surface area contributed by atoms with Crippen molar-refractivity contribution in [3.8, 4) is 0 Å². The second kappa shape index (κ2) is 7.69. The van der Waals surface area contributed by atoms with Gasteiger partial charge in [-0.15, -0.1) is 0 Å². The molecule has 21 heavy (non-hydrogen) atoms. The Morgan fingerprint density at radius 3 is 2.38 bits per heavy atom. The zero-order valence-electron chi connectivity index (χ0n) is 12.0. The monoisotopic (exact) mass is 362 g/mol. The first-order chi connectivity index (χ1) is 10.1. The van der Waals surface area contributed by atoms with Crippen molar-refractivity contribution in [3.05, 3.63) is 70.2 Å². The topological polar surface area (TPSA) is 29.3 Å². The Labute approximate surface area is 140 Å². The minimum Gasteiger partial charge on any atom is -0.393 e. The van der Waals surface area contributed by atoms with E-state index in [1.54, 1.807) is 0 Å². The molecule has 0 bridgehead atoms. The molecule has 0 aliphatic rings. The van der Waals surface area contributed by atoms with E-state index in [0.717, 1.165) is 17.6 Å². The van der Waals surface area contributed by atoms with Gasteiger partial charge in [0.1, 0.15) is 0 Å². The summed E-state index contributed by atoms with van der Waals surface area (Å²) in [5.74, 6) is 0.0775. The van der Waals surface area contributed by atoms with Gasteiger partial charge in [0.2, 0.25) is 0 Å². The molecule has 0 aliphatic carbocycles. The van der Waals surface area contributed by atoms with Crippen molar-refractivity contribution in [3.63, 3.8) is 0 Å². The number of hydrogen-bond acceptors (Lipinski definition) is 2. The molecule has 1 atom stereocenters. The molecule has 0 aromatic heterocycles. The van der Waals surface area contributed by atoms with Crippen LogP contribution in [0.4, 0.5) is 0 Å². The van der Waals surface area contributed by atoms with Crippen LogP contribution < -0.4 is 5.73 Å². The summed E-state index contributed by atoms with van der Waals surface area (Å²) in [5, 5.41) is 0. The molecule has 0 fully saturated rings. The number of benzene rings is 2. The summed E-state index contributed by atoms with van der Waals surface area (Å²) in [4.78, 5) is 2.79. The summed E-state index contributed by atoms with van der Waals surface area (Å²) < 4.78 is 1.13. The van der Waals surface area contributed by atoms with Gasteiger partial charge in [0.05, 0.1) is 4.99 Å². The van der Waals surface area contributed by atoms with E-state index in [1.807, 2.05) is 24.3 Å². The lowest BCUT2D eigenvalue weighted by molar-refractivity contribution is 0.323. The predicted molar refractivity (Wildman–Crippen MR) is 96.4 cm³/mol. The first-order valence-electron chi connectivity index (χ1n) is 6.84. The van der Waals surface area contributed by atoms with E-state index in [-0.39, 0.29) is 5.92 Å². The van der Waals surface area contributed by atoms with Crippen LogP contribution in [0, 0.1) is 0 Å². The molecule has 0 amide bonds. The smallest absolute Gasteiger partial charge is 0.0816 e. The highest BCUT2D eigenvalue weighted by molar-refractivity contribution is 9.10. The van der Waals surface area contributed by atoms with Crippen molar-refractivity contribution in [2.45, 2.75) is 12.5 Å². The van der Waals surface area contributed by atoms with Crippen LogP contribution in [0.3, 0.4) is 0 Å². The summed E-state index contributed by atoms with van der Waals surface area (Å²) in [5.41, 5.74) is 8.37. The van der Waals surface area contributed by atoms with Crippen molar-refractivity contribution >= 4 is 33.1 Å². The van der Waals surface area contributed by atoms with Crippen LogP contribution in [0.15, 0.2) is 59.1 Å². The van der Waals surface area contributed by atoms with E-state index in [2.05, 4.69) is 58.2 Å². The van der Waals surface area contributed by atoms with Crippen molar-refractivity contribution < 1.29 is 0 Å². The van der Waals surface area contributed by atoms with E-state index in [4.69, 9.17) is 18.0 Å². The minimum absolute atomic E-state index is 0.0775. The van der Waals surface area contributed by atoms with E-state index < -0.39 is 0 Å². The first kappa shape index (κ1) is 16.1. The molecule has 2 nitrogen and oxygen atoms in total. The van der Waals surface area contributed by atoms with E-state index >= 15 is 0 Å². The summed E-state index contributed by atoms with van der Waals surface area (Å²) in [6.45, 7) is 1.66. The third kappa shape index (κ3) is 4.63. The number of halogens is 1. The largest absolute Gasteiger partial charge is 0.393 e. The summed E-state index contributed by atoms with van der Waals surface area (Å²) in [6.07, 6.45) is 0. The van der Waals surface area contributed by atoms with Crippen LogP contribution in [0.25, 0.3) is 0 Å². The fourth-order valence-electron chi connectivity index (χ4n) is 2.34. The minimum atomic E-state index is 0.0775. The lowest BCUT2D eigenvalue weighted by atomic mass is 9.98. The fraction of sp³-hybridized carbons (Fsp3) is 0.235. The molecule has 1 unspecified atom stereocenters. The normalized spacial score (nSPS) is 12.3. The van der Waals surface area contributed by atoms with Gasteiger partial charge in [-0.25, -0.2) is 0 Å². The molecule has 4 heteroatoms. The summed E-state index contributed by atoms with van der Waals surface area (Å²) in [7, 11) is 2.09. The molecule has 2 N–H and O–H groups in total. The third-order valence-corrected chi connectivity index (χ3v) is 4.50. The zero-order valence-corrected chi connectivity index (χ0v) is 14.4. The Morgan fingerprint density at radius 1 is 1.14 bits per heavy atom. The van der Waals surface area contributed by atoms with E-state index in [0.29, 0.717) is 4.99 Å². The van der Waals surface area contributed by atoms with Gasteiger partial charge < -0.3 is 10.6 Å². The molecule has 0 radical (unpaired) electrons. The molecule has 2 rings (SSSR count). The van der Waals surface area contributed by atoms with Gasteiger partial charge in [0, 0.05) is 23.5 Å². The van der Waals surface area contributed by atoms with Crippen LogP contribution in [-0.2, 0) is 6.54 Å². The van der Waals surface area contributed by atoms with Crippen LogP contribution in [0.5, 0.6) is 0 Å². The highest BCUT2D eigenvalue weighted by Gasteiger charge is 2.17.